The standard InChI is InChI=1S/C24H23NO2S/c1-19-12-14-23(15-13-19)28(26,27)25(18-22-10-5-4-6-11-22)17-16-24-20(2)8-7-9-21(24)3/h4-15H,18H2,1-3H3. The molecule has 0 fully saturated rings. The van der Waals surface area contributed by atoms with E-state index in [0.717, 1.165) is 27.8 Å². The second-order valence-electron chi connectivity index (χ2n) is 6.81. The summed E-state index contributed by atoms with van der Waals surface area (Å²) < 4.78 is 27.8. The number of benzene rings is 3. The summed E-state index contributed by atoms with van der Waals surface area (Å²) in [6, 6.07) is 25.2. The third-order valence-corrected chi connectivity index (χ3v) is 6.23. The van der Waals surface area contributed by atoms with Gasteiger partial charge >= 0.3 is 0 Å². The molecule has 28 heavy (non-hydrogen) atoms. The molecule has 3 rings (SSSR count). The number of aryl methyl sites for hydroxylation is 3. The lowest BCUT2D eigenvalue weighted by Gasteiger charge is -2.18. The minimum atomic E-state index is -3.75. The molecule has 142 valence electrons. The highest BCUT2D eigenvalue weighted by molar-refractivity contribution is 7.89. The van der Waals surface area contributed by atoms with Gasteiger partial charge in [0.1, 0.15) is 0 Å². The molecule has 0 atom stereocenters. The Labute approximate surface area is 167 Å². The molecule has 0 heterocycles. The predicted molar refractivity (Wildman–Crippen MR) is 113 cm³/mol. The lowest BCUT2D eigenvalue weighted by molar-refractivity contribution is 0.508. The predicted octanol–water partition coefficient (Wildman–Crippen LogP) is 4.81. The van der Waals surface area contributed by atoms with Gasteiger partial charge in [0.25, 0.3) is 10.0 Å². The number of sulfonamides is 1. The maximum Gasteiger partial charge on any atom is 0.271 e. The Morgan fingerprint density at radius 2 is 1.39 bits per heavy atom. The topological polar surface area (TPSA) is 37.4 Å². The monoisotopic (exact) mass is 389 g/mol. The smallest absolute Gasteiger partial charge is 0.220 e. The van der Waals surface area contributed by atoms with Crippen LogP contribution in [-0.2, 0) is 16.6 Å². The van der Waals surface area contributed by atoms with Crippen LogP contribution in [0.15, 0.2) is 77.7 Å². The molecule has 0 saturated carbocycles. The lowest BCUT2D eigenvalue weighted by atomic mass is 10.0. The molecule has 0 aliphatic carbocycles. The highest BCUT2D eigenvalue weighted by Gasteiger charge is 2.22. The van der Waals surface area contributed by atoms with E-state index in [-0.39, 0.29) is 11.4 Å². The van der Waals surface area contributed by atoms with E-state index in [9.17, 15) is 8.42 Å². The zero-order valence-electron chi connectivity index (χ0n) is 16.3. The fraction of sp³-hybridized carbons (Fsp3) is 0.167. The molecule has 3 nitrogen and oxygen atoms in total. The molecular weight excluding hydrogens is 366 g/mol. The molecule has 3 aromatic carbocycles. The van der Waals surface area contributed by atoms with Crippen molar-refractivity contribution in [2.75, 3.05) is 0 Å². The molecule has 0 amide bonds. The normalized spacial score (nSPS) is 10.8. The van der Waals surface area contributed by atoms with Gasteiger partial charge in [-0.1, -0.05) is 66.2 Å². The number of hydrogen-bond donors (Lipinski definition) is 0. The summed E-state index contributed by atoms with van der Waals surface area (Å²) in [5.41, 5.74) is 4.81. The second kappa shape index (κ2) is 8.33. The number of nitrogens with zero attached hydrogens (tertiary/aromatic N) is 1. The van der Waals surface area contributed by atoms with Gasteiger partial charge in [-0.15, -0.1) is 0 Å². The van der Waals surface area contributed by atoms with Gasteiger partial charge in [-0.25, -0.2) is 12.7 Å². The van der Waals surface area contributed by atoms with E-state index >= 15 is 0 Å². The maximum atomic E-state index is 13.3. The van der Waals surface area contributed by atoms with Gasteiger partial charge in [0, 0.05) is 11.6 Å². The SMILES string of the molecule is Cc1ccc(S(=O)(=O)N(C#Cc2c(C)cccc2C)Cc2ccccc2)cc1. The fourth-order valence-corrected chi connectivity index (χ4v) is 4.12. The van der Waals surface area contributed by atoms with E-state index in [1.54, 1.807) is 24.3 Å². The van der Waals surface area contributed by atoms with Crippen LogP contribution < -0.4 is 0 Å². The summed E-state index contributed by atoms with van der Waals surface area (Å²) in [5.74, 6) is 3.09. The van der Waals surface area contributed by atoms with Gasteiger partial charge in [-0.3, -0.25) is 0 Å². The molecule has 3 aromatic rings. The van der Waals surface area contributed by atoms with Crippen molar-refractivity contribution in [2.45, 2.75) is 32.2 Å². The summed E-state index contributed by atoms with van der Waals surface area (Å²) in [4.78, 5) is 0.241. The Kier molecular flexibility index (Phi) is 5.87. The number of rotatable bonds is 4. The molecule has 4 heteroatoms. The van der Waals surface area contributed by atoms with Crippen LogP contribution in [0.2, 0.25) is 0 Å². The van der Waals surface area contributed by atoms with Crippen LogP contribution in [0, 0.1) is 32.7 Å². The van der Waals surface area contributed by atoms with Crippen molar-refractivity contribution >= 4 is 10.0 Å². The van der Waals surface area contributed by atoms with Crippen LogP contribution in [0.25, 0.3) is 0 Å². The van der Waals surface area contributed by atoms with Crippen molar-refractivity contribution in [1.82, 2.24) is 4.31 Å². The minimum Gasteiger partial charge on any atom is -0.220 e. The van der Waals surface area contributed by atoms with Gasteiger partial charge in [-0.05, 0) is 55.5 Å². The first-order chi connectivity index (χ1) is 13.4. The summed E-state index contributed by atoms with van der Waals surface area (Å²) >= 11 is 0. The molecule has 0 saturated heterocycles. The van der Waals surface area contributed by atoms with Crippen molar-refractivity contribution in [3.05, 3.63) is 101 Å². The van der Waals surface area contributed by atoms with Gasteiger partial charge < -0.3 is 0 Å². The largest absolute Gasteiger partial charge is 0.271 e. The maximum absolute atomic E-state index is 13.3. The van der Waals surface area contributed by atoms with E-state index < -0.39 is 10.0 Å². The quantitative estimate of drug-likeness (QED) is 0.474. The molecule has 0 spiro atoms. The van der Waals surface area contributed by atoms with E-state index in [1.807, 2.05) is 69.3 Å². The first-order valence-corrected chi connectivity index (χ1v) is 10.5. The zero-order valence-corrected chi connectivity index (χ0v) is 17.1. The van der Waals surface area contributed by atoms with E-state index in [1.165, 1.54) is 4.31 Å². The van der Waals surface area contributed by atoms with Crippen LogP contribution in [0.3, 0.4) is 0 Å². The summed E-state index contributed by atoms with van der Waals surface area (Å²) in [6.45, 7) is 6.08. The number of hydrogen-bond acceptors (Lipinski definition) is 2. The van der Waals surface area contributed by atoms with E-state index in [4.69, 9.17) is 0 Å². The Morgan fingerprint density at radius 1 is 0.786 bits per heavy atom. The highest BCUT2D eigenvalue weighted by Crippen LogP contribution is 2.19. The fourth-order valence-electron chi connectivity index (χ4n) is 2.90. The Balaban J connectivity index is 2.06. The van der Waals surface area contributed by atoms with Crippen molar-refractivity contribution in [1.29, 1.82) is 0 Å². The first kappa shape index (κ1) is 19.7. The highest BCUT2D eigenvalue weighted by atomic mass is 32.2. The van der Waals surface area contributed by atoms with Gasteiger partial charge in [-0.2, -0.15) is 0 Å². The minimum absolute atomic E-state index is 0.189. The van der Waals surface area contributed by atoms with Crippen LogP contribution in [0.4, 0.5) is 0 Å². The Hall–Kier alpha value is -3.03. The van der Waals surface area contributed by atoms with Crippen molar-refractivity contribution < 1.29 is 8.42 Å². The molecule has 0 radical (unpaired) electrons. The van der Waals surface area contributed by atoms with Crippen molar-refractivity contribution in [2.24, 2.45) is 0 Å². The van der Waals surface area contributed by atoms with Crippen molar-refractivity contribution in [3.8, 4) is 12.0 Å². The van der Waals surface area contributed by atoms with Crippen LogP contribution in [0.5, 0.6) is 0 Å². The third-order valence-electron chi connectivity index (χ3n) is 4.56. The third kappa shape index (κ3) is 4.44. The Bertz CT molecular complexity index is 1100. The summed E-state index contributed by atoms with van der Waals surface area (Å²) in [7, 11) is -3.75. The van der Waals surface area contributed by atoms with Gasteiger partial charge in [0.05, 0.1) is 11.4 Å². The van der Waals surface area contributed by atoms with E-state index in [2.05, 4.69) is 12.0 Å². The Morgan fingerprint density at radius 3 is 2.00 bits per heavy atom. The molecule has 0 aliphatic heterocycles. The van der Waals surface area contributed by atoms with Gasteiger partial charge in [0.2, 0.25) is 0 Å². The first-order valence-electron chi connectivity index (χ1n) is 9.09. The summed E-state index contributed by atoms with van der Waals surface area (Å²) in [5, 5.41) is 0. The molecule has 0 bridgehead atoms. The molecule has 0 unspecified atom stereocenters. The average Bonchev–Trinajstić information content (AvgIpc) is 2.68. The molecule has 0 aromatic heterocycles. The molecule has 0 aliphatic rings. The van der Waals surface area contributed by atoms with Crippen LogP contribution in [0.1, 0.15) is 27.8 Å². The lowest BCUT2D eigenvalue weighted by Crippen LogP contribution is -2.26. The van der Waals surface area contributed by atoms with Gasteiger partial charge in [0.15, 0.2) is 0 Å². The van der Waals surface area contributed by atoms with E-state index in [0.29, 0.717) is 0 Å². The average molecular weight is 390 g/mol. The van der Waals surface area contributed by atoms with Crippen LogP contribution >= 0.6 is 0 Å². The molecular formula is C24H23NO2S. The second-order valence-corrected chi connectivity index (χ2v) is 8.68. The summed E-state index contributed by atoms with van der Waals surface area (Å²) in [6.07, 6.45) is 0. The van der Waals surface area contributed by atoms with Crippen LogP contribution in [-0.4, -0.2) is 12.7 Å². The zero-order chi connectivity index (χ0) is 20.1. The van der Waals surface area contributed by atoms with Crippen molar-refractivity contribution in [3.63, 3.8) is 0 Å². The molecule has 0 N–H and O–H groups in total.